The Hall–Kier alpha value is -4.28. The van der Waals surface area contributed by atoms with E-state index in [9.17, 15) is 35.9 Å². The van der Waals surface area contributed by atoms with Crippen LogP contribution in [0.1, 0.15) is 55.1 Å². The average Bonchev–Trinajstić information content (AvgIpc) is 3.04. The molecule has 10 nitrogen and oxygen atoms in total. The maximum atomic E-state index is 13.8. The van der Waals surface area contributed by atoms with Crippen LogP contribution in [-0.2, 0) is 28.4 Å². The zero-order valence-electron chi connectivity index (χ0n) is 25.8. The standard InChI is InChI=1S/C30H32F6N6O4S/c1-5-20-12-23(26-22(7-8-25(40-26)45-4)42(20)28(44)46-6-2)41(27-38-13-21(14-39-27)47-16-24(43)37-3)15-17-9-18(29(31,32)33)11-19(10-17)30(34,35)36/h7-11,13-14,20,23H,5-6,12,15-16H2,1-4H3,(H,37,43)/t20-,23+/m1/s1. The minimum Gasteiger partial charge on any atom is -0.481 e. The van der Waals surface area contributed by atoms with Gasteiger partial charge in [0.1, 0.15) is 0 Å². The molecule has 0 saturated carbocycles. The smallest absolute Gasteiger partial charge is 0.416 e. The third-order valence-corrected chi connectivity index (χ3v) is 8.30. The SMILES string of the molecule is CCOC(=O)N1c2ccc(OC)nc2[C@@H](N(Cc2cc(C(F)(F)F)cc(C(F)(F)F)c2)c2ncc(SCC(=O)NC)cn2)C[C@H]1CC. The number of nitrogens with one attached hydrogen (secondary N) is 1. The minimum absolute atomic E-state index is 0.0275. The molecule has 0 fully saturated rings. The number of alkyl halides is 6. The van der Waals surface area contributed by atoms with Crippen LogP contribution in [0.2, 0.25) is 0 Å². The number of hydrogen-bond acceptors (Lipinski definition) is 9. The highest BCUT2D eigenvalue weighted by Gasteiger charge is 2.42. The van der Waals surface area contributed by atoms with Crippen molar-refractivity contribution in [1.29, 1.82) is 0 Å². The summed E-state index contributed by atoms with van der Waals surface area (Å²) in [6.07, 6.45) is -7.38. The summed E-state index contributed by atoms with van der Waals surface area (Å²) in [4.78, 5) is 41.6. The number of halogens is 6. The number of nitrogens with zero attached hydrogens (tertiary/aromatic N) is 5. The van der Waals surface area contributed by atoms with Gasteiger partial charge in [-0.2, -0.15) is 26.3 Å². The highest BCUT2D eigenvalue weighted by Crippen LogP contribution is 2.44. The fourth-order valence-corrected chi connectivity index (χ4v) is 5.82. The number of methoxy groups -OCH3 is 1. The Kier molecular flexibility index (Phi) is 11.1. The van der Waals surface area contributed by atoms with E-state index < -0.39 is 48.2 Å². The lowest BCUT2D eigenvalue weighted by Gasteiger charge is -2.43. The Labute approximate surface area is 270 Å². The Morgan fingerprint density at radius 2 is 1.68 bits per heavy atom. The second kappa shape index (κ2) is 14.6. The predicted molar refractivity (Wildman–Crippen MR) is 161 cm³/mol. The molecule has 254 valence electrons. The number of benzene rings is 1. The molecule has 0 radical (unpaired) electrons. The Bertz CT molecular complexity index is 1540. The van der Waals surface area contributed by atoms with Gasteiger partial charge in [-0.05, 0) is 49.6 Å². The van der Waals surface area contributed by atoms with Gasteiger partial charge < -0.3 is 19.7 Å². The van der Waals surface area contributed by atoms with E-state index in [1.54, 1.807) is 13.0 Å². The maximum absolute atomic E-state index is 13.8. The molecular formula is C30H32F6N6O4S. The number of carbonyl (C=O) groups is 2. The predicted octanol–water partition coefficient (Wildman–Crippen LogP) is 6.65. The summed E-state index contributed by atoms with van der Waals surface area (Å²) in [7, 11) is 2.86. The Morgan fingerprint density at radius 1 is 1.04 bits per heavy atom. The minimum atomic E-state index is -5.05. The summed E-state index contributed by atoms with van der Waals surface area (Å²) in [5, 5.41) is 2.49. The summed E-state index contributed by atoms with van der Waals surface area (Å²) in [6, 6.07) is 3.15. The number of aromatic nitrogens is 3. The summed E-state index contributed by atoms with van der Waals surface area (Å²) in [5.41, 5.74) is -2.65. The molecule has 1 aromatic carbocycles. The van der Waals surface area contributed by atoms with Crippen LogP contribution in [0.15, 0.2) is 47.6 Å². The van der Waals surface area contributed by atoms with Crippen LogP contribution in [-0.4, -0.2) is 59.5 Å². The molecule has 0 spiro atoms. The monoisotopic (exact) mass is 686 g/mol. The molecule has 1 aliphatic rings. The van der Waals surface area contributed by atoms with Crippen molar-refractivity contribution in [2.24, 2.45) is 0 Å². The van der Waals surface area contributed by atoms with Crippen LogP contribution in [0, 0.1) is 0 Å². The highest BCUT2D eigenvalue weighted by atomic mass is 32.2. The van der Waals surface area contributed by atoms with E-state index >= 15 is 0 Å². The molecule has 2 aromatic heterocycles. The lowest BCUT2D eigenvalue weighted by atomic mass is 9.92. The average molecular weight is 687 g/mol. The maximum Gasteiger partial charge on any atom is 0.416 e. The number of fused-ring (bicyclic) bond motifs is 1. The molecule has 2 atom stereocenters. The van der Waals surface area contributed by atoms with Crippen LogP contribution < -0.4 is 19.9 Å². The van der Waals surface area contributed by atoms with Crippen LogP contribution in [0.4, 0.5) is 42.8 Å². The summed E-state index contributed by atoms with van der Waals surface area (Å²) < 4.78 is 93.4. The van der Waals surface area contributed by atoms with Gasteiger partial charge in [0.15, 0.2) is 0 Å². The van der Waals surface area contributed by atoms with Crippen molar-refractivity contribution in [3.63, 3.8) is 0 Å². The van der Waals surface area contributed by atoms with Crippen molar-refractivity contribution >= 4 is 35.4 Å². The van der Waals surface area contributed by atoms with Gasteiger partial charge in [-0.3, -0.25) is 9.69 Å². The van der Waals surface area contributed by atoms with Gasteiger partial charge in [0, 0.05) is 43.0 Å². The highest BCUT2D eigenvalue weighted by molar-refractivity contribution is 8.00. The first-order valence-corrected chi connectivity index (χ1v) is 15.4. The molecule has 0 aliphatic carbocycles. The molecule has 2 amide bonds. The molecule has 1 N–H and O–H groups in total. The Balaban J connectivity index is 1.89. The third-order valence-electron chi connectivity index (χ3n) is 7.35. The van der Waals surface area contributed by atoms with Crippen molar-refractivity contribution in [3.8, 4) is 5.88 Å². The summed E-state index contributed by atoms with van der Waals surface area (Å²) in [5.74, 6) is -0.0519. The quantitative estimate of drug-likeness (QED) is 0.185. The number of rotatable bonds is 10. The number of pyridine rings is 1. The van der Waals surface area contributed by atoms with Crippen molar-refractivity contribution in [2.75, 3.05) is 36.3 Å². The topological polar surface area (TPSA) is 110 Å². The van der Waals surface area contributed by atoms with E-state index in [1.807, 2.05) is 6.92 Å². The van der Waals surface area contributed by atoms with Gasteiger partial charge in [-0.15, -0.1) is 11.8 Å². The number of carbonyl (C=O) groups excluding carboxylic acids is 2. The van der Waals surface area contributed by atoms with E-state index in [0.29, 0.717) is 29.1 Å². The normalized spacial score (nSPS) is 16.3. The second-order valence-electron chi connectivity index (χ2n) is 10.4. The largest absolute Gasteiger partial charge is 0.481 e. The molecule has 3 heterocycles. The van der Waals surface area contributed by atoms with E-state index in [-0.39, 0.29) is 53.8 Å². The summed E-state index contributed by atoms with van der Waals surface area (Å²) >= 11 is 1.14. The van der Waals surface area contributed by atoms with Gasteiger partial charge >= 0.3 is 18.4 Å². The number of thioether (sulfide) groups is 1. The third kappa shape index (κ3) is 8.36. The first kappa shape index (κ1) is 35.6. The van der Waals surface area contributed by atoms with E-state index in [2.05, 4.69) is 20.3 Å². The molecule has 3 aromatic rings. The molecule has 1 aliphatic heterocycles. The van der Waals surface area contributed by atoms with E-state index in [1.165, 1.54) is 42.4 Å². The number of anilines is 2. The van der Waals surface area contributed by atoms with Gasteiger partial charge in [-0.1, -0.05) is 6.92 Å². The zero-order valence-corrected chi connectivity index (χ0v) is 26.6. The molecular weight excluding hydrogens is 654 g/mol. The molecule has 4 rings (SSSR count). The lowest BCUT2D eigenvalue weighted by Crippen LogP contribution is -2.48. The molecule has 0 bridgehead atoms. The molecule has 0 unspecified atom stereocenters. The Morgan fingerprint density at radius 3 is 2.21 bits per heavy atom. The molecule has 47 heavy (non-hydrogen) atoms. The number of hydrogen-bond donors (Lipinski definition) is 1. The van der Waals surface area contributed by atoms with Crippen LogP contribution in [0.5, 0.6) is 5.88 Å². The summed E-state index contributed by atoms with van der Waals surface area (Å²) in [6.45, 7) is 3.09. The van der Waals surface area contributed by atoms with Gasteiger partial charge in [0.05, 0.1) is 48.0 Å². The first-order valence-electron chi connectivity index (χ1n) is 14.4. The van der Waals surface area contributed by atoms with Crippen LogP contribution >= 0.6 is 11.8 Å². The van der Waals surface area contributed by atoms with Crippen molar-refractivity contribution in [3.05, 3.63) is 65.1 Å². The van der Waals surface area contributed by atoms with Crippen LogP contribution in [0.25, 0.3) is 0 Å². The van der Waals surface area contributed by atoms with Gasteiger partial charge in [-0.25, -0.2) is 19.7 Å². The van der Waals surface area contributed by atoms with Gasteiger partial charge in [0.25, 0.3) is 0 Å². The van der Waals surface area contributed by atoms with Gasteiger partial charge in [0.2, 0.25) is 17.7 Å². The first-order chi connectivity index (χ1) is 22.2. The molecule has 17 heteroatoms. The van der Waals surface area contributed by atoms with Crippen LogP contribution in [0.3, 0.4) is 0 Å². The molecule has 0 saturated heterocycles. The number of amides is 2. The van der Waals surface area contributed by atoms with Crippen molar-refractivity contribution in [1.82, 2.24) is 20.3 Å². The van der Waals surface area contributed by atoms with E-state index in [4.69, 9.17) is 9.47 Å². The van der Waals surface area contributed by atoms with Crippen molar-refractivity contribution < 1.29 is 45.4 Å². The lowest BCUT2D eigenvalue weighted by molar-refractivity contribution is -0.143. The fourth-order valence-electron chi connectivity index (χ4n) is 5.13. The number of ether oxygens (including phenoxy) is 2. The van der Waals surface area contributed by atoms with Crippen molar-refractivity contribution in [2.45, 2.75) is 62.6 Å². The zero-order chi connectivity index (χ0) is 34.5. The fraction of sp³-hybridized carbons (Fsp3) is 0.433. The van der Waals surface area contributed by atoms with E-state index in [0.717, 1.165) is 11.8 Å². The second-order valence-corrected chi connectivity index (χ2v) is 11.4.